The van der Waals surface area contributed by atoms with Crippen LogP contribution in [-0.4, -0.2) is 178 Å². The summed E-state index contributed by atoms with van der Waals surface area (Å²) in [6, 6.07) is 0. The van der Waals surface area contributed by atoms with E-state index in [-0.39, 0.29) is 92.5 Å². The number of carbonyl (C=O) groups excluding carboxylic acids is 4. The molecule has 0 fully saturated rings. The zero-order chi connectivity index (χ0) is 41.7. The van der Waals surface area contributed by atoms with Crippen LogP contribution in [0.3, 0.4) is 0 Å². The molecule has 0 spiro atoms. The highest BCUT2D eigenvalue weighted by Gasteiger charge is 2.51. The largest absolute Gasteiger partial charge is 1.00 e. The highest BCUT2D eigenvalue weighted by molar-refractivity contribution is 5.89. The van der Waals surface area contributed by atoms with E-state index in [0.717, 1.165) is 69.8 Å². The van der Waals surface area contributed by atoms with Gasteiger partial charge in [0.15, 0.2) is 0 Å². The molecule has 0 aromatic carbocycles. The Hall–Kier alpha value is -1.12. The van der Waals surface area contributed by atoms with Gasteiger partial charge >= 0.3 is 0 Å². The van der Waals surface area contributed by atoms with Crippen LogP contribution in [-0.2, 0) is 19.2 Å². The van der Waals surface area contributed by atoms with Gasteiger partial charge in [-0.1, -0.05) is 41.5 Å². The van der Waals surface area contributed by atoms with Crippen molar-refractivity contribution in [2.45, 2.75) is 86.5 Å². The first-order chi connectivity index (χ1) is 23.6. The summed E-state index contributed by atoms with van der Waals surface area (Å²) in [5.41, 5.74) is -3.98. The highest BCUT2D eigenvalue weighted by atomic mass is 35.5. The molecule has 344 valence electrons. The van der Waals surface area contributed by atoms with Crippen LogP contribution >= 0.6 is 0 Å². The molecule has 2 unspecified atom stereocenters. The molecule has 0 aromatic rings. The predicted octanol–water partition coefficient (Wildman–Crippen LogP) is -8.91. The van der Waals surface area contributed by atoms with Crippen LogP contribution in [0.25, 0.3) is 0 Å². The van der Waals surface area contributed by atoms with Crippen molar-refractivity contribution in [3.63, 3.8) is 0 Å². The van der Waals surface area contributed by atoms with Crippen molar-refractivity contribution in [2.75, 3.05) is 137 Å². The Morgan fingerprint density at radius 1 is 0.351 bits per heavy atom. The highest BCUT2D eigenvalue weighted by Crippen LogP contribution is 2.47. The number of hydrogen-bond donors (Lipinski definition) is 4. The lowest BCUT2D eigenvalue weighted by molar-refractivity contribution is -0.870. The molecule has 16 heteroatoms. The molecule has 12 nitrogen and oxygen atoms in total. The standard InChI is InChI=1S/C41H84N8O4.4ClH/c1-38(2,34(50)42-23-19-27-46(7,8)9)31-40(5,36(52)44-25-21-29-48(13,14)15)33-41(6,37(53)45-26-22-30-49(16,17)18)32-39(3,4)35(51)43-24-20-28-47(10,11)12;;;;/h19-33H2,1-18H3;4*1H. The summed E-state index contributed by atoms with van der Waals surface area (Å²) < 4.78 is 3.19. The fraction of sp³-hybridized carbons (Fsp3) is 0.902. The molecule has 0 aliphatic rings. The van der Waals surface area contributed by atoms with E-state index < -0.39 is 21.7 Å². The van der Waals surface area contributed by atoms with Crippen LogP contribution in [0, 0.1) is 21.7 Å². The smallest absolute Gasteiger partial charge is 0.226 e. The van der Waals surface area contributed by atoms with Gasteiger partial charge in [-0.3, -0.25) is 19.2 Å². The Balaban J connectivity index is -0.00000225. The SMILES string of the molecule is CC(C)(CC(C)(CC(C)(CC(C)(C)C(=O)NCCC[N+](C)(C)C)C(=O)NCCC[N+](C)(C)C)C(=O)NCCC[N+](C)(C)C)C(=O)NCCC[N+](C)(C)C.[Cl-].[Cl-].[Cl-].[Cl-]. The minimum Gasteiger partial charge on any atom is -1.00 e. The third kappa shape index (κ3) is 28.9. The molecule has 0 heterocycles. The molecule has 0 aliphatic carbocycles. The van der Waals surface area contributed by atoms with Gasteiger partial charge in [0.25, 0.3) is 0 Å². The monoisotopic (exact) mass is 897 g/mol. The number of carbonyl (C=O) groups is 4. The van der Waals surface area contributed by atoms with Crippen molar-refractivity contribution in [2.24, 2.45) is 21.7 Å². The Bertz CT molecular complexity index is 1110. The summed E-state index contributed by atoms with van der Waals surface area (Å²) in [4.78, 5) is 56.3. The van der Waals surface area contributed by atoms with Gasteiger partial charge in [0, 0.05) is 73.5 Å². The maximum absolute atomic E-state index is 14.4. The van der Waals surface area contributed by atoms with Gasteiger partial charge in [-0.15, -0.1) is 0 Å². The average Bonchev–Trinajstić information content (AvgIpc) is 2.94. The van der Waals surface area contributed by atoms with E-state index in [4.69, 9.17) is 0 Å². The molecule has 0 radical (unpaired) electrons. The normalized spacial score (nSPS) is 14.5. The minimum atomic E-state index is -1.09. The second kappa shape index (κ2) is 26.3. The molecule has 57 heavy (non-hydrogen) atoms. The van der Waals surface area contributed by atoms with Crippen LogP contribution in [0.4, 0.5) is 0 Å². The van der Waals surface area contributed by atoms with Crippen molar-refractivity contribution in [1.82, 2.24) is 21.3 Å². The van der Waals surface area contributed by atoms with E-state index in [1.165, 1.54) is 0 Å². The van der Waals surface area contributed by atoms with Crippen LogP contribution in [0.5, 0.6) is 0 Å². The molecule has 0 bridgehead atoms. The number of nitrogens with zero attached hydrogens (tertiary/aromatic N) is 4. The molecule has 0 aromatic heterocycles. The number of rotatable bonds is 26. The van der Waals surface area contributed by atoms with Gasteiger partial charge in [-0.2, -0.15) is 0 Å². The van der Waals surface area contributed by atoms with Crippen LogP contribution in [0.1, 0.15) is 86.5 Å². The van der Waals surface area contributed by atoms with E-state index in [9.17, 15) is 19.2 Å². The average molecular weight is 899 g/mol. The maximum atomic E-state index is 14.4. The first-order valence-electron chi connectivity index (χ1n) is 20.0. The molecule has 2 atom stereocenters. The first kappa shape index (κ1) is 65.0. The molecule has 0 rings (SSSR count). The Morgan fingerprint density at radius 2 is 0.544 bits per heavy atom. The van der Waals surface area contributed by atoms with E-state index in [1.807, 2.05) is 41.5 Å². The predicted molar refractivity (Wildman–Crippen MR) is 220 cm³/mol. The van der Waals surface area contributed by atoms with Crippen LogP contribution in [0.15, 0.2) is 0 Å². The molecular weight excluding hydrogens is 810 g/mol. The zero-order valence-corrected chi connectivity index (χ0v) is 42.6. The number of hydrogen-bond acceptors (Lipinski definition) is 4. The quantitative estimate of drug-likeness (QED) is 0.0511. The van der Waals surface area contributed by atoms with Gasteiger partial charge in [0.1, 0.15) is 0 Å². The number of amides is 4. The maximum Gasteiger partial charge on any atom is 0.226 e. The molecule has 0 saturated heterocycles. The second-order valence-corrected chi connectivity index (χ2v) is 21.9. The molecule has 4 amide bonds. The van der Waals surface area contributed by atoms with Crippen molar-refractivity contribution in [1.29, 1.82) is 0 Å². The molecule has 0 aliphatic heterocycles. The fourth-order valence-corrected chi connectivity index (χ4v) is 7.35. The van der Waals surface area contributed by atoms with Crippen molar-refractivity contribution >= 4 is 23.6 Å². The third-order valence-electron chi connectivity index (χ3n) is 9.94. The van der Waals surface area contributed by atoms with E-state index >= 15 is 0 Å². The summed E-state index contributed by atoms with van der Waals surface area (Å²) in [5.74, 6) is -0.557. The van der Waals surface area contributed by atoms with E-state index in [2.05, 4.69) is 106 Å². The number of quaternary nitrogens is 4. The summed E-state index contributed by atoms with van der Waals surface area (Å²) in [6.45, 7) is 17.1. The van der Waals surface area contributed by atoms with Gasteiger partial charge < -0.3 is 88.8 Å². The van der Waals surface area contributed by atoms with Crippen molar-refractivity contribution in [3.05, 3.63) is 0 Å². The topological polar surface area (TPSA) is 116 Å². The van der Waals surface area contributed by atoms with Gasteiger partial charge in [-0.05, 0) is 19.3 Å². The summed E-state index contributed by atoms with van der Waals surface area (Å²) >= 11 is 0. The summed E-state index contributed by atoms with van der Waals surface area (Å²) in [6.07, 6.45) is 3.94. The van der Waals surface area contributed by atoms with E-state index in [0.29, 0.717) is 26.2 Å². The van der Waals surface area contributed by atoms with Crippen molar-refractivity contribution in [3.8, 4) is 0 Å². The minimum absolute atomic E-state index is 0. The Morgan fingerprint density at radius 3 is 0.737 bits per heavy atom. The first-order valence-corrected chi connectivity index (χ1v) is 20.0. The van der Waals surface area contributed by atoms with Gasteiger partial charge in [-0.25, -0.2) is 0 Å². The number of nitrogens with one attached hydrogen (secondary N) is 4. The summed E-state index contributed by atoms with van der Waals surface area (Å²) in [5, 5.41) is 12.6. The number of halogens is 4. The van der Waals surface area contributed by atoms with Gasteiger partial charge in [0.2, 0.25) is 23.6 Å². The Kier molecular flexibility index (Phi) is 30.0. The van der Waals surface area contributed by atoms with Crippen LogP contribution in [0.2, 0.25) is 0 Å². The second-order valence-electron chi connectivity index (χ2n) is 21.9. The third-order valence-corrected chi connectivity index (χ3v) is 9.94. The lowest BCUT2D eigenvalue weighted by atomic mass is 9.61. The molecule has 4 N–H and O–H groups in total. The van der Waals surface area contributed by atoms with E-state index in [1.54, 1.807) is 0 Å². The molecular formula is C41H88Cl4N8O4. The van der Waals surface area contributed by atoms with Crippen LogP contribution < -0.4 is 70.9 Å². The van der Waals surface area contributed by atoms with Crippen molar-refractivity contribution < 1.29 is 86.7 Å². The lowest BCUT2D eigenvalue weighted by Crippen LogP contribution is -3.00. The fourth-order valence-electron chi connectivity index (χ4n) is 7.35. The lowest BCUT2D eigenvalue weighted by Gasteiger charge is -2.43. The molecule has 0 saturated carbocycles. The zero-order valence-electron chi connectivity index (χ0n) is 39.5. The Labute approximate surface area is 375 Å². The summed E-state index contributed by atoms with van der Waals surface area (Å²) in [7, 11) is 25.5. The van der Waals surface area contributed by atoms with Gasteiger partial charge in [0.05, 0.1) is 111 Å².